The van der Waals surface area contributed by atoms with Gasteiger partial charge < -0.3 is 10.2 Å². The third-order valence-electron chi connectivity index (χ3n) is 6.22. The van der Waals surface area contributed by atoms with Crippen molar-refractivity contribution in [1.29, 1.82) is 0 Å². The summed E-state index contributed by atoms with van der Waals surface area (Å²) in [4.78, 5) is 2.88. The first-order valence-corrected chi connectivity index (χ1v) is 9.34. The van der Waals surface area contributed by atoms with Gasteiger partial charge in [-0.3, -0.25) is 0 Å². The molecule has 2 saturated carbocycles. The van der Waals surface area contributed by atoms with Crippen molar-refractivity contribution in [3.8, 4) is 0 Å². The van der Waals surface area contributed by atoms with E-state index in [4.69, 9.17) is 0 Å². The normalized spacial score (nSPS) is 39.5. The quantitative estimate of drug-likeness (QED) is 0.841. The van der Waals surface area contributed by atoms with Crippen molar-refractivity contribution >= 4 is 0 Å². The number of nitrogens with zero attached hydrogens (tertiary/aromatic N) is 1. The molecular weight excluding hydrogens is 244 g/mol. The minimum absolute atomic E-state index is 0.818. The summed E-state index contributed by atoms with van der Waals surface area (Å²) in [5.74, 6) is 2.14. The Hall–Kier alpha value is -0.0800. The number of hydrogen-bond donors (Lipinski definition) is 1. The lowest BCUT2D eigenvalue weighted by atomic mass is 9.74. The molecule has 0 bridgehead atoms. The molecular formula is C18H34N2. The molecule has 0 radical (unpaired) electrons. The number of nitrogens with one attached hydrogen (secondary N) is 1. The van der Waals surface area contributed by atoms with Crippen LogP contribution in [-0.2, 0) is 0 Å². The highest BCUT2D eigenvalue weighted by molar-refractivity contribution is 4.89. The Morgan fingerprint density at radius 1 is 0.900 bits per heavy atom. The standard InChI is InChI=1S/C18H34N2/c1-2-12-19-17-7-9-18(10-8-17)20-13-11-15-5-3-4-6-16(15)14-20/h15-19H,2-14H2,1H3. The molecule has 3 aliphatic rings. The minimum Gasteiger partial charge on any atom is -0.314 e. The van der Waals surface area contributed by atoms with Gasteiger partial charge >= 0.3 is 0 Å². The van der Waals surface area contributed by atoms with Crippen LogP contribution in [0.1, 0.15) is 71.1 Å². The largest absolute Gasteiger partial charge is 0.314 e. The molecule has 1 aliphatic heterocycles. The predicted octanol–water partition coefficient (Wildman–Crippen LogP) is 3.81. The van der Waals surface area contributed by atoms with Crippen LogP contribution in [-0.4, -0.2) is 36.6 Å². The van der Waals surface area contributed by atoms with Crippen molar-refractivity contribution < 1.29 is 0 Å². The molecule has 2 heteroatoms. The fourth-order valence-corrected chi connectivity index (χ4v) is 4.95. The molecule has 2 aliphatic carbocycles. The van der Waals surface area contributed by atoms with Gasteiger partial charge in [-0.1, -0.05) is 26.2 Å². The van der Waals surface area contributed by atoms with Gasteiger partial charge in [0.05, 0.1) is 0 Å². The van der Waals surface area contributed by atoms with Crippen LogP contribution in [0.25, 0.3) is 0 Å². The zero-order valence-corrected chi connectivity index (χ0v) is 13.4. The summed E-state index contributed by atoms with van der Waals surface area (Å²) >= 11 is 0. The van der Waals surface area contributed by atoms with Gasteiger partial charge in [-0.2, -0.15) is 0 Å². The maximum atomic E-state index is 3.72. The topological polar surface area (TPSA) is 15.3 Å². The molecule has 0 aromatic heterocycles. The molecule has 0 spiro atoms. The fraction of sp³-hybridized carbons (Fsp3) is 1.00. The third-order valence-corrected chi connectivity index (χ3v) is 6.22. The van der Waals surface area contributed by atoms with Gasteiger partial charge in [0.15, 0.2) is 0 Å². The minimum atomic E-state index is 0.818. The Labute approximate surface area is 125 Å². The lowest BCUT2D eigenvalue weighted by Crippen LogP contribution is -2.49. The molecule has 2 atom stereocenters. The Balaban J connectivity index is 1.44. The zero-order valence-electron chi connectivity index (χ0n) is 13.4. The summed E-state index contributed by atoms with van der Waals surface area (Å²) in [6.45, 7) is 6.32. The number of rotatable bonds is 4. The molecule has 3 rings (SSSR count). The monoisotopic (exact) mass is 278 g/mol. The van der Waals surface area contributed by atoms with Gasteiger partial charge in [-0.05, 0) is 69.9 Å². The van der Waals surface area contributed by atoms with Gasteiger partial charge in [0.1, 0.15) is 0 Å². The van der Waals surface area contributed by atoms with Gasteiger partial charge in [-0.15, -0.1) is 0 Å². The van der Waals surface area contributed by atoms with Crippen LogP contribution in [0.2, 0.25) is 0 Å². The number of hydrogen-bond acceptors (Lipinski definition) is 2. The maximum absolute atomic E-state index is 3.72. The van der Waals surface area contributed by atoms with E-state index >= 15 is 0 Å². The SMILES string of the molecule is CCCNC1CCC(N2CCC3CCCCC3C2)CC1. The summed E-state index contributed by atoms with van der Waals surface area (Å²) < 4.78 is 0. The fourth-order valence-electron chi connectivity index (χ4n) is 4.95. The average Bonchev–Trinajstić information content (AvgIpc) is 2.53. The molecule has 2 nitrogen and oxygen atoms in total. The van der Waals surface area contributed by atoms with Crippen LogP contribution in [0.5, 0.6) is 0 Å². The molecule has 1 N–H and O–H groups in total. The Bertz CT molecular complexity index is 283. The first kappa shape index (κ1) is 14.8. The first-order chi connectivity index (χ1) is 9.86. The Kier molecular flexibility index (Phi) is 5.39. The van der Waals surface area contributed by atoms with E-state index in [1.165, 1.54) is 83.8 Å². The van der Waals surface area contributed by atoms with Crippen LogP contribution < -0.4 is 5.32 Å². The molecule has 116 valence electrons. The molecule has 3 fully saturated rings. The van der Waals surface area contributed by atoms with Gasteiger partial charge in [0.2, 0.25) is 0 Å². The second-order valence-electron chi connectivity index (χ2n) is 7.55. The molecule has 2 unspecified atom stereocenters. The van der Waals surface area contributed by atoms with Crippen molar-refractivity contribution in [3.63, 3.8) is 0 Å². The van der Waals surface area contributed by atoms with Crippen LogP contribution in [0.4, 0.5) is 0 Å². The van der Waals surface area contributed by atoms with Crippen LogP contribution in [0.3, 0.4) is 0 Å². The number of likely N-dealkylation sites (tertiary alicyclic amines) is 1. The van der Waals surface area contributed by atoms with Crippen LogP contribution >= 0.6 is 0 Å². The smallest absolute Gasteiger partial charge is 0.00965 e. The summed E-state index contributed by atoms with van der Waals surface area (Å²) in [6, 6.07) is 1.73. The van der Waals surface area contributed by atoms with Crippen LogP contribution in [0, 0.1) is 11.8 Å². The molecule has 1 saturated heterocycles. The van der Waals surface area contributed by atoms with E-state index in [0.29, 0.717) is 0 Å². The van der Waals surface area contributed by atoms with E-state index in [9.17, 15) is 0 Å². The first-order valence-electron chi connectivity index (χ1n) is 9.34. The average molecular weight is 278 g/mol. The summed E-state index contributed by atoms with van der Waals surface area (Å²) in [7, 11) is 0. The molecule has 1 heterocycles. The summed E-state index contributed by atoms with van der Waals surface area (Å²) in [5.41, 5.74) is 0. The van der Waals surface area contributed by atoms with E-state index in [2.05, 4.69) is 17.1 Å². The van der Waals surface area contributed by atoms with Gasteiger partial charge in [0, 0.05) is 18.6 Å². The second kappa shape index (κ2) is 7.26. The van der Waals surface area contributed by atoms with Crippen molar-refractivity contribution in [2.24, 2.45) is 11.8 Å². The zero-order chi connectivity index (χ0) is 13.8. The third kappa shape index (κ3) is 3.57. The van der Waals surface area contributed by atoms with E-state index in [1.807, 2.05) is 0 Å². The summed E-state index contributed by atoms with van der Waals surface area (Å²) in [5, 5.41) is 3.72. The van der Waals surface area contributed by atoms with Gasteiger partial charge in [0.25, 0.3) is 0 Å². The lowest BCUT2D eigenvalue weighted by molar-refractivity contribution is 0.0408. The highest BCUT2D eigenvalue weighted by atomic mass is 15.2. The maximum Gasteiger partial charge on any atom is 0.00965 e. The Morgan fingerprint density at radius 3 is 2.40 bits per heavy atom. The highest BCUT2D eigenvalue weighted by Gasteiger charge is 2.34. The lowest BCUT2D eigenvalue weighted by Gasteiger charge is -2.46. The van der Waals surface area contributed by atoms with Crippen molar-refractivity contribution in [3.05, 3.63) is 0 Å². The van der Waals surface area contributed by atoms with E-state index in [1.54, 1.807) is 0 Å². The van der Waals surface area contributed by atoms with Crippen molar-refractivity contribution in [1.82, 2.24) is 10.2 Å². The van der Waals surface area contributed by atoms with E-state index in [-0.39, 0.29) is 0 Å². The molecule has 0 amide bonds. The van der Waals surface area contributed by atoms with Crippen molar-refractivity contribution in [2.75, 3.05) is 19.6 Å². The van der Waals surface area contributed by atoms with Crippen LogP contribution in [0.15, 0.2) is 0 Å². The molecule has 0 aromatic rings. The molecule has 0 aromatic carbocycles. The highest BCUT2D eigenvalue weighted by Crippen LogP contribution is 2.38. The molecule has 20 heavy (non-hydrogen) atoms. The predicted molar refractivity (Wildman–Crippen MR) is 86.0 cm³/mol. The van der Waals surface area contributed by atoms with Gasteiger partial charge in [-0.25, -0.2) is 0 Å². The van der Waals surface area contributed by atoms with E-state index < -0.39 is 0 Å². The Morgan fingerprint density at radius 2 is 1.65 bits per heavy atom. The van der Waals surface area contributed by atoms with E-state index in [0.717, 1.165) is 23.9 Å². The van der Waals surface area contributed by atoms with Crippen molar-refractivity contribution in [2.45, 2.75) is 83.2 Å². The number of piperidine rings is 1. The summed E-state index contributed by atoms with van der Waals surface area (Å²) in [6.07, 6.45) is 14.6. The second-order valence-corrected chi connectivity index (χ2v) is 7.55. The number of fused-ring (bicyclic) bond motifs is 1.